The molecule has 1 aromatic carbocycles. The molecule has 0 fully saturated rings. The van der Waals surface area contributed by atoms with Crippen molar-refractivity contribution in [3.8, 4) is 22.8 Å². The van der Waals surface area contributed by atoms with Crippen molar-refractivity contribution in [2.24, 2.45) is 0 Å². The molecule has 0 unspecified atom stereocenters. The number of hydrogen-bond donors (Lipinski definition) is 0. The predicted molar refractivity (Wildman–Crippen MR) is 160 cm³/mol. The lowest BCUT2D eigenvalue weighted by atomic mass is 10.1. The van der Waals surface area contributed by atoms with Crippen LogP contribution in [0.1, 0.15) is 54.4 Å². The Morgan fingerprint density at radius 3 is 1.26 bits per heavy atom. The normalized spacial score (nSPS) is 12.3. The summed E-state index contributed by atoms with van der Waals surface area (Å²) in [6, 6.07) is 9.27. The molecule has 16 heteroatoms. The van der Waals surface area contributed by atoms with Crippen molar-refractivity contribution in [1.82, 2.24) is 40.4 Å². The zero-order valence-corrected chi connectivity index (χ0v) is 27.8. The topological polar surface area (TPSA) is 143 Å². The maximum Gasteiger partial charge on any atom is 0.500 e. The highest BCUT2D eigenvalue weighted by Crippen LogP contribution is 2.25. The monoisotopic (exact) mass is 622 g/mol. The third-order valence-corrected chi connectivity index (χ3v) is 12.6. The van der Waals surface area contributed by atoms with Crippen LogP contribution < -0.4 is 0 Å². The Labute approximate surface area is 250 Å². The van der Waals surface area contributed by atoms with Gasteiger partial charge in [-0.25, -0.2) is 9.36 Å². The molecule has 3 rings (SSSR count). The van der Waals surface area contributed by atoms with Crippen molar-refractivity contribution < 1.29 is 26.6 Å². The van der Waals surface area contributed by atoms with Crippen LogP contribution >= 0.6 is 0 Å². The van der Waals surface area contributed by atoms with Crippen molar-refractivity contribution in [3.63, 3.8) is 0 Å². The van der Waals surface area contributed by atoms with Gasteiger partial charge in [-0.15, -0.1) is 10.2 Å². The predicted octanol–water partition coefficient (Wildman–Crippen LogP) is 3.87. The van der Waals surface area contributed by atoms with Crippen LogP contribution in [-0.4, -0.2) is 97.7 Å². The van der Waals surface area contributed by atoms with Crippen LogP contribution in [0, 0.1) is 0 Å². The quantitative estimate of drug-likeness (QED) is 0.150. The highest BCUT2D eigenvalue weighted by molar-refractivity contribution is 6.61. The molecule has 2 heterocycles. The number of aromatic nitrogens is 8. The minimum absolute atomic E-state index is 0.545. The summed E-state index contributed by atoms with van der Waals surface area (Å²) in [5.41, 5.74) is 1.73. The summed E-state index contributed by atoms with van der Waals surface area (Å²) in [5, 5.41) is 25.0. The van der Waals surface area contributed by atoms with E-state index in [1.165, 1.54) is 0 Å². The second kappa shape index (κ2) is 17.6. The van der Waals surface area contributed by atoms with Crippen molar-refractivity contribution in [3.05, 3.63) is 24.3 Å². The molecule has 0 radical (unpaired) electrons. The van der Waals surface area contributed by atoms with Crippen LogP contribution in [0.2, 0.25) is 12.1 Å². The molecule has 3 aromatic rings. The van der Waals surface area contributed by atoms with E-state index < -0.39 is 17.6 Å². The van der Waals surface area contributed by atoms with Crippen LogP contribution in [0.4, 0.5) is 0 Å². The Kier molecular flexibility index (Phi) is 14.3. The molecular formula is C26H46N8O6Si2. The van der Waals surface area contributed by atoms with Gasteiger partial charge in [0.15, 0.2) is 11.6 Å². The average molecular weight is 623 g/mol. The average Bonchev–Trinajstić information content (AvgIpc) is 3.64. The molecule has 0 aliphatic carbocycles. The van der Waals surface area contributed by atoms with E-state index in [0.29, 0.717) is 76.5 Å². The zero-order valence-electron chi connectivity index (χ0n) is 25.8. The third-order valence-electron chi connectivity index (χ3n) is 6.33. The molecule has 0 spiro atoms. The highest BCUT2D eigenvalue weighted by Gasteiger charge is 2.40. The van der Waals surface area contributed by atoms with E-state index >= 15 is 0 Å². The van der Waals surface area contributed by atoms with Gasteiger partial charge < -0.3 is 26.6 Å². The fourth-order valence-corrected chi connectivity index (χ4v) is 10.0. The van der Waals surface area contributed by atoms with Crippen LogP contribution in [0.3, 0.4) is 0 Å². The van der Waals surface area contributed by atoms with Crippen molar-refractivity contribution in [2.75, 3.05) is 39.6 Å². The molecule has 0 bridgehead atoms. The Morgan fingerprint density at radius 2 is 0.929 bits per heavy atom. The Morgan fingerprint density at radius 1 is 0.571 bits per heavy atom. The minimum Gasteiger partial charge on any atom is -0.374 e. The van der Waals surface area contributed by atoms with Gasteiger partial charge in [0.05, 0.1) is 0 Å². The van der Waals surface area contributed by atoms with Gasteiger partial charge in [-0.2, -0.15) is 0 Å². The number of rotatable bonds is 22. The van der Waals surface area contributed by atoms with Crippen LogP contribution in [0.5, 0.6) is 0 Å². The first-order chi connectivity index (χ1) is 20.5. The Hall–Kier alpha value is -2.45. The summed E-state index contributed by atoms with van der Waals surface area (Å²) in [4.78, 5) is 0. The van der Waals surface area contributed by atoms with Gasteiger partial charge in [-0.05, 0) is 81.3 Å². The van der Waals surface area contributed by atoms with E-state index in [0.717, 1.165) is 24.0 Å². The molecule has 0 aliphatic heterocycles. The van der Waals surface area contributed by atoms with Gasteiger partial charge in [0, 0.05) is 75.9 Å². The summed E-state index contributed by atoms with van der Waals surface area (Å²) in [6.07, 6.45) is 1.50. The highest BCUT2D eigenvalue weighted by atomic mass is 28.4. The lowest BCUT2D eigenvalue weighted by molar-refractivity contribution is 0.0696. The Bertz CT molecular complexity index is 1060. The summed E-state index contributed by atoms with van der Waals surface area (Å²) in [6.45, 7) is 16.2. The minimum atomic E-state index is -2.74. The van der Waals surface area contributed by atoms with Crippen molar-refractivity contribution in [1.29, 1.82) is 0 Å². The second-order valence-corrected chi connectivity index (χ2v) is 14.7. The summed E-state index contributed by atoms with van der Waals surface area (Å²) in [5.74, 6) is 1.32. The van der Waals surface area contributed by atoms with Gasteiger partial charge >= 0.3 is 17.6 Å². The number of tetrazole rings is 2. The van der Waals surface area contributed by atoms with Gasteiger partial charge in [0.25, 0.3) is 0 Å². The molecule has 0 saturated carbocycles. The van der Waals surface area contributed by atoms with E-state index in [4.69, 9.17) is 26.6 Å². The number of aryl methyl sites for hydroxylation is 2. The maximum atomic E-state index is 5.99. The molecule has 0 aliphatic rings. The van der Waals surface area contributed by atoms with Gasteiger partial charge in [-0.3, -0.25) is 0 Å². The van der Waals surface area contributed by atoms with Gasteiger partial charge in [0.2, 0.25) is 0 Å². The SMILES string of the molecule is CCO[Si](CCCn1nnnc1-c1cccc(-c2nnnn2CCC[Si](OCC)(OCC)OCC)c1)(OCC)OCC. The molecule has 0 saturated heterocycles. The lowest BCUT2D eigenvalue weighted by Crippen LogP contribution is -2.46. The first-order valence-electron chi connectivity index (χ1n) is 15.0. The largest absolute Gasteiger partial charge is 0.500 e. The molecule has 234 valence electrons. The smallest absolute Gasteiger partial charge is 0.374 e. The molecule has 14 nitrogen and oxygen atoms in total. The summed E-state index contributed by atoms with van der Waals surface area (Å²) >= 11 is 0. The molecule has 0 amide bonds. The molecule has 42 heavy (non-hydrogen) atoms. The molecule has 0 atom stereocenters. The number of nitrogens with zero attached hydrogens (tertiary/aromatic N) is 8. The molecule has 2 aromatic heterocycles. The fraction of sp³-hybridized carbons (Fsp3) is 0.692. The van der Waals surface area contributed by atoms with Crippen LogP contribution in [0.25, 0.3) is 22.8 Å². The van der Waals surface area contributed by atoms with E-state index in [1.54, 1.807) is 9.36 Å². The van der Waals surface area contributed by atoms with E-state index in [9.17, 15) is 0 Å². The third kappa shape index (κ3) is 9.27. The van der Waals surface area contributed by atoms with Crippen LogP contribution in [-0.2, 0) is 39.6 Å². The Balaban J connectivity index is 1.71. The standard InChI is InChI=1S/C26H46N8O6Si2/c1-7-35-41(36-8-2,37-9-3)20-14-18-33-25(27-29-31-33)23-16-13-17-24(22-23)26-28-30-32-34(26)19-15-21-42(38-10-4,39-11-5)40-12-6/h13,16-17,22H,7-12,14-15,18-21H2,1-6H3. The van der Waals surface area contributed by atoms with E-state index in [-0.39, 0.29) is 0 Å². The van der Waals surface area contributed by atoms with Crippen LogP contribution in [0.15, 0.2) is 24.3 Å². The molecular weight excluding hydrogens is 577 g/mol. The lowest BCUT2D eigenvalue weighted by Gasteiger charge is -2.28. The summed E-state index contributed by atoms with van der Waals surface area (Å²) < 4.78 is 39.5. The zero-order chi connectivity index (χ0) is 30.3. The van der Waals surface area contributed by atoms with E-state index in [2.05, 4.69) is 31.1 Å². The molecule has 0 N–H and O–H groups in total. The number of benzene rings is 1. The fourth-order valence-electron chi connectivity index (χ4n) is 4.81. The summed E-state index contributed by atoms with van der Waals surface area (Å²) in [7, 11) is -5.49. The first-order valence-corrected chi connectivity index (χ1v) is 18.8. The van der Waals surface area contributed by atoms with E-state index in [1.807, 2.05) is 65.8 Å². The first kappa shape index (κ1) is 34.0. The maximum absolute atomic E-state index is 5.99. The van der Waals surface area contributed by atoms with Crippen molar-refractivity contribution in [2.45, 2.75) is 79.6 Å². The van der Waals surface area contributed by atoms with Crippen molar-refractivity contribution >= 4 is 17.6 Å². The van der Waals surface area contributed by atoms with Gasteiger partial charge in [0.1, 0.15) is 0 Å². The second-order valence-electron chi connectivity index (χ2n) is 9.20. The van der Waals surface area contributed by atoms with Gasteiger partial charge in [-0.1, -0.05) is 18.2 Å². The number of hydrogen-bond acceptors (Lipinski definition) is 12.